The van der Waals surface area contributed by atoms with Gasteiger partial charge in [0.2, 0.25) is 23.6 Å². The first-order chi connectivity index (χ1) is 22.0. The maximum Gasteiger partial charge on any atom is 0.328 e. The Morgan fingerprint density at radius 2 is 1.57 bits per heavy atom. The fourth-order valence-electron chi connectivity index (χ4n) is 6.57. The molecule has 2 fully saturated rings. The highest BCUT2D eigenvalue weighted by atomic mass is 32.2. The number of nitrogens with one attached hydrogen (secondary N) is 2. The molecule has 268 valence electrons. The Hall–Kier alpha value is -2.60. The highest BCUT2D eigenvalue weighted by Crippen LogP contribution is 2.27. The third-order valence-electron chi connectivity index (χ3n) is 9.37. The first-order valence-corrected chi connectivity index (χ1v) is 18.5. The summed E-state index contributed by atoms with van der Waals surface area (Å²) >= 11 is 1.57. The number of methoxy groups -OCH3 is 1. The predicted octanol–water partition coefficient (Wildman–Crippen LogP) is 3.61. The van der Waals surface area contributed by atoms with Crippen molar-refractivity contribution in [3.05, 3.63) is 11.6 Å². The number of carbonyl (C=O) groups excluding carboxylic acids is 5. The van der Waals surface area contributed by atoms with Gasteiger partial charge in [0.05, 0.1) is 19.2 Å². The minimum absolute atomic E-state index is 0.0345. The summed E-state index contributed by atoms with van der Waals surface area (Å²) in [6.45, 7) is 17.0. The lowest BCUT2D eigenvalue weighted by Crippen LogP contribution is -2.60. The molecule has 1 unspecified atom stereocenters. The van der Waals surface area contributed by atoms with Gasteiger partial charge in [0.25, 0.3) is 0 Å². The fourth-order valence-corrected chi connectivity index (χ4v) is 7.05. The Bertz CT molecular complexity index is 1140. The molecule has 0 aromatic carbocycles. The van der Waals surface area contributed by atoms with E-state index in [1.807, 2.05) is 40.9 Å². The van der Waals surface area contributed by atoms with Gasteiger partial charge in [-0.3, -0.25) is 24.1 Å². The highest BCUT2D eigenvalue weighted by molar-refractivity contribution is 7.98. The second-order valence-corrected chi connectivity index (χ2v) is 15.7. The number of thioether (sulfide) groups is 1. The Kier molecular flexibility index (Phi) is 15.7. The van der Waals surface area contributed by atoms with E-state index >= 15 is 0 Å². The Morgan fingerprint density at radius 1 is 0.957 bits per heavy atom. The van der Waals surface area contributed by atoms with Crippen molar-refractivity contribution in [2.45, 2.75) is 130 Å². The van der Waals surface area contributed by atoms with Gasteiger partial charge in [0.1, 0.15) is 18.1 Å². The van der Waals surface area contributed by atoms with E-state index in [2.05, 4.69) is 29.4 Å². The molecule has 47 heavy (non-hydrogen) atoms. The monoisotopic (exact) mass is 679 g/mol. The van der Waals surface area contributed by atoms with Crippen molar-refractivity contribution in [2.75, 3.05) is 39.3 Å². The van der Waals surface area contributed by atoms with Gasteiger partial charge >= 0.3 is 5.97 Å². The number of rotatable bonds is 14. The maximum atomic E-state index is 14.2. The van der Waals surface area contributed by atoms with Crippen molar-refractivity contribution >= 4 is 41.4 Å². The van der Waals surface area contributed by atoms with Crippen LogP contribution in [0.4, 0.5) is 0 Å². The number of amides is 4. The van der Waals surface area contributed by atoms with Gasteiger partial charge < -0.3 is 25.2 Å². The largest absolute Gasteiger partial charge is 0.467 e. The Balaban J connectivity index is 2.26. The molecule has 0 aromatic heterocycles. The average molecular weight is 680 g/mol. The minimum Gasteiger partial charge on any atom is -0.467 e. The summed E-state index contributed by atoms with van der Waals surface area (Å²) in [7, 11) is 3.02. The third-order valence-corrected chi connectivity index (χ3v) is 10.0. The summed E-state index contributed by atoms with van der Waals surface area (Å²) < 4.78 is 4.89. The van der Waals surface area contributed by atoms with Crippen molar-refractivity contribution in [1.82, 2.24) is 25.3 Å². The maximum absolute atomic E-state index is 14.2. The van der Waals surface area contributed by atoms with Crippen LogP contribution in [0.5, 0.6) is 0 Å². The third kappa shape index (κ3) is 11.0. The van der Waals surface area contributed by atoms with Crippen LogP contribution in [-0.2, 0) is 28.7 Å². The molecule has 2 rings (SSSR count). The van der Waals surface area contributed by atoms with Gasteiger partial charge in [-0.15, -0.1) is 0 Å². The molecular weight excluding hydrogens is 618 g/mol. The van der Waals surface area contributed by atoms with E-state index in [-0.39, 0.29) is 41.6 Å². The van der Waals surface area contributed by atoms with Gasteiger partial charge in [-0.1, -0.05) is 47.1 Å². The van der Waals surface area contributed by atoms with Gasteiger partial charge in [0, 0.05) is 25.2 Å². The molecular formula is C35H61N5O6S. The van der Waals surface area contributed by atoms with E-state index in [4.69, 9.17) is 4.74 Å². The van der Waals surface area contributed by atoms with Gasteiger partial charge in [-0.25, -0.2) is 4.79 Å². The summed E-state index contributed by atoms with van der Waals surface area (Å²) in [4.78, 5) is 72.6. The van der Waals surface area contributed by atoms with Crippen LogP contribution in [0, 0.1) is 11.3 Å². The average Bonchev–Trinajstić information content (AvgIpc) is 3.52. The van der Waals surface area contributed by atoms with Crippen LogP contribution in [0.15, 0.2) is 11.6 Å². The van der Waals surface area contributed by atoms with Crippen molar-refractivity contribution in [1.29, 1.82) is 0 Å². The number of carbonyl (C=O) groups is 5. The molecule has 0 bridgehead atoms. The number of esters is 1. The number of likely N-dealkylation sites (N-methyl/N-ethyl adjacent to an activating group) is 1. The molecule has 5 atom stereocenters. The first kappa shape index (κ1) is 40.6. The number of piperidine rings is 1. The normalized spacial score (nSPS) is 21.3. The molecule has 2 aliphatic heterocycles. The van der Waals surface area contributed by atoms with Gasteiger partial charge in [-0.2, -0.15) is 11.8 Å². The fraction of sp³-hybridized carbons (Fsp3) is 0.800. The van der Waals surface area contributed by atoms with Crippen LogP contribution < -0.4 is 10.6 Å². The van der Waals surface area contributed by atoms with E-state index in [1.165, 1.54) is 7.11 Å². The molecule has 0 aliphatic carbocycles. The van der Waals surface area contributed by atoms with E-state index in [1.54, 1.807) is 41.6 Å². The molecule has 2 N–H and O–H groups in total. The summed E-state index contributed by atoms with van der Waals surface area (Å²) in [6, 6.07) is -2.71. The van der Waals surface area contributed by atoms with Crippen LogP contribution in [0.3, 0.4) is 0 Å². The molecule has 11 nitrogen and oxygen atoms in total. The lowest BCUT2D eigenvalue weighted by molar-refractivity contribution is -0.146. The molecule has 0 spiro atoms. The number of hydrogen-bond donors (Lipinski definition) is 2. The lowest BCUT2D eigenvalue weighted by Gasteiger charge is -2.41. The Labute approximate surface area is 287 Å². The molecule has 12 heteroatoms. The predicted molar refractivity (Wildman–Crippen MR) is 188 cm³/mol. The van der Waals surface area contributed by atoms with Crippen LogP contribution in [0.25, 0.3) is 0 Å². The Morgan fingerprint density at radius 3 is 2.13 bits per heavy atom. The minimum atomic E-state index is -0.776. The standard InChI is InChI=1S/C35H61N5O6S/c1-22(2)28(38(9)33(44)29(35(6,7)8)37-31(42)26-15-12-13-18-39(26)23(3)4)21-24(5)32(43)40-19-14-16-27(40)30(41)36-25(17-20-47-11)34(45)46-10/h21-23,25-29H,12-20H2,1-11H3,(H,36,41)(H,37,42)/b24-21+/t25-,26?,27-,28+,29+/m0/s1. The number of likely N-dealkylation sites (tertiary alicyclic amines) is 2. The van der Waals surface area contributed by atoms with E-state index in [0.717, 1.165) is 25.8 Å². The van der Waals surface area contributed by atoms with E-state index < -0.39 is 35.6 Å². The highest BCUT2D eigenvalue weighted by Gasteiger charge is 2.41. The van der Waals surface area contributed by atoms with Crippen LogP contribution in [-0.4, -0.2) is 120 Å². The summed E-state index contributed by atoms with van der Waals surface area (Å²) in [5.74, 6) is -0.852. The zero-order chi connectivity index (χ0) is 35.6. The molecule has 0 radical (unpaired) electrons. The second-order valence-electron chi connectivity index (χ2n) is 14.7. The zero-order valence-electron chi connectivity index (χ0n) is 30.7. The number of hydrogen-bond acceptors (Lipinski definition) is 8. The number of ether oxygens (including phenoxy) is 1. The van der Waals surface area contributed by atoms with Crippen LogP contribution >= 0.6 is 11.8 Å². The molecule has 2 aliphatic rings. The van der Waals surface area contributed by atoms with E-state index in [0.29, 0.717) is 37.1 Å². The molecule has 0 aromatic rings. The smallest absolute Gasteiger partial charge is 0.328 e. The van der Waals surface area contributed by atoms with Crippen molar-refractivity contribution in [3.63, 3.8) is 0 Å². The van der Waals surface area contributed by atoms with Crippen molar-refractivity contribution in [3.8, 4) is 0 Å². The molecule has 0 saturated carbocycles. The van der Waals surface area contributed by atoms with Crippen molar-refractivity contribution in [2.24, 2.45) is 11.3 Å². The SMILES string of the molecule is COC(=O)[C@H](CCSC)NC(=O)[C@@H]1CCCN1C(=O)/C(C)=C/[C@H](C(C)C)N(C)C(=O)[C@@H](NC(=O)C1CCCCN1C(C)C)C(C)(C)C. The zero-order valence-corrected chi connectivity index (χ0v) is 31.5. The quantitative estimate of drug-likeness (QED) is 0.211. The van der Waals surface area contributed by atoms with Crippen LogP contribution in [0.2, 0.25) is 0 Å². The van der Waals surface area contributed by atoms with Crippen LogP contribution in [0.1, 0.15) is 93.9 Å². The van der Waals surface area contributed by atoms with Gasteiger partial charge in [0.15, 0.2) is 0 Å². The van der Waals surface area contributed by atoms with Crippen molar-refractivity contribution < 1.29 is 28.7 Å². The summed E-state index contributed by atoms with van der Waals surface area (Å²) in [6.07, 6.45) is 8.12. The summed E-state index contributed by atoms with van der Waals surface area (Å²) in [5, 5.41) is 5.92. The first-order valence-electron chi connectivity index (χ1n) is 17.1. The molecule has 2 heterocycles. The topological polar surface area (TPSA) is 128 Å². The second kappa shape index (κ2) is 18.2. The van der Waals surface area contributed by atoms with E-state index in [9.17, 15) is 24.0 Å². The van der Waals surface area contributed by atoms with Gasteiger partial charge in [-0.05, 0) is 82.8 Å². The molecule has 4 amide bonds. The molecule has 2 saturated heterocycles. The lowest BCUT2D eigenvalue weighted by atomic mass is 9.84. The summed E-state index contributed by atoms with van der Waals surface area (Å²) in [5.41, 5.74) is -0.122. The number of nitrogens with zero attached hydrogens (tertiary/aromatic N) is 3.